The number of carboxylic acids is 1. The lowest BCUT2D eigenvalue weighted by molar-refractivity contribution is -0.139. The van der Waals surface area contributed by atoms with Crippen molar-refractivity contribution in [1.82, 2.24) is 5.32 Å². The number of unbranched alkanes of at least 4 members (excludes halogenated alkanes) is 2. The zero-order valence-electron chi connectivity index (χ0n) is 11.7. The van der Waals surface area contributed by atoms with Gasteiger partial charge in [0.1, 0.15) is 12.6 Å². The summed E-state index contributed by atoms with van der Waals surface area (Å²) in [6.45, 7) is 2.17. The lowest BCUT2D eigenvalue weighted by Crippen LogP contribution is -2.40. The van der Waals surface area contributed by atoms with Gasteiger partial charge in [-0.25, -0.2) is 9.59 Å². The van der Waals surface area contributed by atoms with Gasteiger partial charge < -0.3 is 15.2 Å². The number of nitrogens with one attached hydrogen (secondary N) is 1. The third kappa shape index (κ3) is 6.22. The molecule has 0 spiro atoms. The fourth-order valence-corrected chi connectivity index (χ4v) is 1.76. The second kappa shape index (κ2) is 8.96. The number of carbonyl (C=O) groups is 2. The smallest absolute Gasteiger partial charge is 0.408 e. The lowest BCUT2D eigenvalue weighted by Gasteiger charge is -2.14. The lowest BCUT2D eigenvalue weighted by atomic mass is 10.1. The minimum absolute atomic E-state index is 0.133. The Morgan fingerprint density at radius 3 is 2.55 bits per heavy atom. The molecular weight excluding hydrogens is 258 g/mol. The van der Waals surface area contributed by atoms with Crippen LogP contribution in [0.1, 0.15) is 38.2 Å². The van der Waals surface area contributed by atoms with Crippen LogP contribution in [0.15, 0.2) is 30.3 Å². The van der Waals surface area contributed by atoms with Crippen molar-refractivity contribution in [2.45, 2.75) is 45.3 Å². The van der Waals surface area contributed by atoms with E-state index in [4.69, 9.17) is 9.84 Å². The van der Waals surface area contributed by atoms with Gasteiger partial charge in [-0.2, -0.15) is 0 Å². The van der Waals surface area contributed by atoms with Crippen LogP contribution in [0.4, 0.5) is 4.79 Å². The number of rotatable bonds is 8. The Hall–Kier alpha value is -2.04. The van der Waals surface area contributed by atoms with Crippen LogP contribution >= 0.6 is 0 Å². The molecule has 2 N–H and O–H groups in total. The highest BCUT2D eigenvalue weighted by molar-refractivity contribution is 5.79. The van der Waals surface area contributed by atoms with Crippen LogP contribution in [0.5, 0.6) is 0 Å². The van der Waals surface area contributed by atoms with E-state index in [1.54, 1.807) is 0 Å². The summed E-state index contributed by atoms with van der Waals surface area (Å²) in [6.07, 6.45) is 2.45. The van der Waals surface area contributed by atoms with Crippen molar-refractivity contribution in [3.63, 3.8) is 0 Å². The van der Waals surface area contributed by atoms with Crippen molar-refractivity contribution in [3.8, 4) is 0 Å². The number of alkyl carbamates (subject to hydrolysis) is 1. The van der Waals surface area contributed by atoms with Crippen molar-refractivity contribution < 1.29 is 19.4 Å². The van der Waals surface area contributed by atoms with Gasteiger partial charge in [-0.1, -0.05) is 56.5 Å². The van der Waals surface area contributed by atoms with E-state index >= 15 is 0 Å². The molecule has 1 aromatic rings. The molecule has 0 saturated heterocycles. The molecule has 20 heavy (non-hydrogen) atoms. The van der Waals surface area contributed by atoms with Crippen molar-refractivity contribution >= 4 is 12.1 Å². The Balaban J connectivity index is 2.36. The molecule has 0 bridgehead atoms. The Bertz CT molecular complexity index is 419. The van der Waals surface area contributed by atoms with E-state index in [0.717, 1.165) is 24.8 Å². The standard InChI is InChI=1S/C15H21NO4/c1-2-3-5-10-13(14(17)18)16-15(19)20-11-12-8-6-4-7-9-12/h4,6-9,13H,2-3,5,10-11H2,1H3,(H,16,19)(H,17,18). The molecule has 0 fully saturated rings. The van der Waals surface area contributed by atoms with Crippen molar-refractivity contribution in [3.05, 3.63) is 35.9 Å². The highest BCUT2D eigenvalue weighted by atomic mass is 16.5. The van der Waals surface area contributed by atoms with E-state index < -0.39 is 18.1 Å². The molecule has 1 rings (SSSR count). The molecule has 1 unspecified atom stereocenters. The van der Waals surface area contributed by atoms with Gasteiger partial charge in [0, 0.05) is 0 Å². The van der Waals surface area contributed by atoms with Crippen LogP contribution in [-0.2, 0) is 16.1 Å². The van der Waals surface area contributed by atoms with Gasteiger partial charge in [-0.15, -0.1) is 0 Å². The maximum absolute atomic E-state index is 11.6. The molecule has 110 valence electrons. The molecule has 5 heteroatoms. The number of aliphatic carboxylic acids is 1. The normalized spacial score (nSPS) is 11.7. The minimum atomic E-state index is -1.03. The largest absolute Gasteiger partial charge is 0.480 e. The van der Waals surface area contributed by atoms with Crippen LogP contribution < -0.4 is 5.32 Å². The summed E-state index contributed by atoms with van der Waals surface area (Å²) in [7, 11) is 0. The summed E-state index contributed by atoms with van der Waals surface area (Å²) in [5.41, 5.74) is 0.862. The minimum Gasteiger partial charge on any atom is -0.480 e. The van der Waals surface area contributed by atoms with E-state index in [0.29, 0.717) is 6.42 Å². The maximum Gasteiger partial charge on any atom is 0.408 e. The number of carbonyl (C=O) groups excluding carboxylic acids is 1. The first-order chi connectivity index (χ1) is 9.63. The molecule has 0 aliphatic carbocycles. The molecule has 0 saturated carbocycles. The van der Waals surface area contributed by atoms with Gasteiger partial charge in [-0.05, 0) is 12.0 Å². The van der Waals surface area contributed by atoms with Crippen LogP contribution in [0, 0.1) is 0 Å². The number of hydrogen-bond donors (Lipinski definition) is 2. The molecule has 5 nitrogen and oxygen atoms in total. The molecular formula is C15H21NO4. The maximum atomic E-state index is 11.6. The third-order valence-corrected chi connectivity index (χ3v) is 2.90. The summed E-state index contributed by atoms with van der Waals surface area (Å²) in [4.78, 5) is 22.6. The third-order valence-electron chi connectivity index (χ3n) is 2.90. The second-order valence-electron chi connectivity index (χ2n) is 4.59. The van der Waals surface area contributed by atoms with Crippen molar-refractivity contribution in [2.75, 3.05) is 0 Å². The fraction of sp³-hybridized carbons (Fsp3) is 0.467. The molecule has 0 aliphatic rings. The molecule has 0 aromatic heterocycles. The number of carboxylic acid groups (broad SMARTS) is 1. The fourth-order valence-electron chi connectivity index (χ4n) is 1.76. The summed E-state index contributed by atoms with van der Waals surface area (Å²) >= 11 is 0. The van der Waals surface area contributed by atoms with Gasteiger partial charge in [0.25, 0.3) is 0 Å². The van der Waals surface area contributed by atoms with Gasteiger partial charge in [0.2, 0.25) is 0 Å². The Labute approximate surface area is 118 Å². The second-order valence-corrected chi connectivity index (χ2v) is 4.59. The number of amides is 1. The number of benzene rings is 1. The van der Waals surface area contributed by atoms with E-state index in [1.165, 1.54) is 0 Å². The van der Waals surface area contributed by atoms with E-state index in [9.17, 15) is 9.59 Å². The first-order valence-corrected chi connectivity index (χ1v) is 6.83. The number of ether oxygens (including phenoxy) is 1. The van der Waals surface area contributed by atoms with Crippen LogP contribution in [0.3, 0.4) is 0 Å². The Kier molecular flexibility index (Phi) is 7.17. The van der Waals surface area contributed by atoms with Crippen LogP contribution in [0.25, 0.3) is 0 Å². The quantitative estimate of drug-likeness (QED) is 0.717. The highest BCUT2D eigenvalue weighted by Crippen LogP contribution is 2.05. The van der Waals surface area contributed by atoms with Gasteiger partial charge in [-0.3, -0.25) is 0 Å². The van der Waals surface area contributed by atoms with E-state index in [2.05, 4.69) is 5.32 Å². The average Bonchev–Trinajstić information content (AvgIpc) is 2.45. The Morgan fingerprint density at radius 1 is 1.25 bits per heavy atom. The first kappa shape index (κ1) is 16.0. The predicted octanol–water partition coefficient (Wildman–Crippen LogP) is 2.95. The zero-order chi connectivity index (χ0) is 14.8. The zero-order valence-corrected chi connectivity index (χ0v) is 11.7. The van der Waals surface area contributed by atoms with Crippen molar-refractivity contribution in [2.24, 2.45) is 0 Å². The van der Waals surface area contributed by atoms with Gasteiger partial charge in [0.05, 0.1) is 0 Å². The summed E-state index contributed by atoms with van der Waals surface area (Å²) < 4.78 is 5.00. The first-order valence-electron chi connectivity index (χ1n) is 6.83. The monoisotopic (exact) mass is 279 g/mol. The molecule has 0 aliphatic heterocycles. The molecule has 0 heterocycles. The molecule has 1 amide bonds. The number of hydrogen-bond acceptors (Lipinski definition) is 3. The SMILES string of the molecule is CCCCCC(NC(=O)OCc1ccccc1)C(=O)O. The topological polar surface area (TPSA) is 75.6 Å². The summed E-state index contributed by atoms with van der Waals surface area (Å²) in [5.74, 6) is -1.03. The van der Waals surface area contributed by atoms with Crippen LogP contribution in [0.2, 0.25) is 0 Å². The Morgan fingerprint density at radius 2 is 1.95 bits per heavy atom. The van der Waals surface area contributed by atoms with Crippen LogP contribution in [-0.4, -0.2) is 23.2 Å². The van der Waals surface area contributed by atoms with E-state index in [-0.39, 0.29) is 6.61 Å². The molecule has 1 atom stereocenters. The van der Waals surface area contributed by atoms with E-state index in [1.807, 2.05) is 37.3 Å². The highest BCUT2D eigenvalue weighted by Gasteiger charge is 2.19. The summed E-state index contributed by atoms with van der Waals surface area (Å²) in [5, 5.41) is 11.4. The van der Waals surface area contributed by atoms with Gasteiger partial charge in [0.15, 0.2) is 0 Å². The summed E-state index contributed by atoms with van der Waals surface area (Å²) in [6, 6.07) is 8.36. The van der Waals surface area contributed by atoms with Crippen molar-refractivity contribution in [1.29, 1.82) is 0 Å². The molecule has 0 radical (unpaired) electrons. The predicted molar refractivity (Wildman–Crippen MR) is 75.3 cm³/mol. The average molecular weight is 279 g/mol. The van der Waals surface area contributed by atoms with Gasteiger partial charge >= 0.3 is 12.1 Å². The molecule has 1 aromatic carbocycles.